The van der Waals surface area contributed by atoms with Crippen molar-refractivity contribution in [2.75, 3.05) is 24.3 Å². The Morgan fingerprint density at radius 2 is 2.33 bits per heavy atom. The first-order valence-corrected chi connectivity index (χ1v) is 7.97. The molecule has 0 aliphatic rings. The second-order valence-corrected chi connectivity index (χ2v) is 6.21. The summed E-state index contributed by atoms with van der Waals surface area (Å²) in [4.78, 5) is 12.5. The number of rotatable bonds is 4. The summed E-state index contributed by atoms with van der Waals surface area (Å²) in [5.74, 6) is 0.779. The topological polar surface area (TPSA) is 55.1 Å². The highest BCUT2D eigenvalue weighted by Gasteiger charge is 2.15. The molecule has 0 spiro atoms. The zero-order valence-electron chi connectivity index (χ0n) is 9.83. The summed E-state index contributed by atoms with van der Waals surface area (Å²) in [5.41, 5.74) is 6.51. The lowest BCUT2D eigenvalue weighted by Crippen LogP contribution is -2.25. The average Bonchev–Trinajstić information content (AvgIpc) is 2.67. The van der Waals surface area contributed by atoms with Crippen molar-refractivity contribution in [2.45, 2.75) is 0 Å². The first-order valence-electron chi connectivity index (χ1n) is 5.38. The first kappa shape index (κ1) is 13.5. The molecule has 1 aromatic heterocycles. The third-order valence-electron chi connectivity index (χ3n) is 2.49. The van der Waals surface area contributed by atoms with E-state index < -0.39 is 0 Å². The second kappa shape index (κ2) is 5.82. The SMILES string of the molecule is CSCCNC(=O)c1sc2ccc(Cl)cc2c1N. The van der Waals surface area contributed by atoms with Crippen molar-refractivity contribution < 1.29 is 4.79 Å². The largest absolute Gasteiger partial charge is 0.397 e. The third kappa shape index (κ3) is 2.74. The van der Waals surface area contributed by atoms with Crippen molar-refractivity contribution in [3.63, 3.8) is 0 Å². The number of thiophene rings is 1. The number of amides is 1. The van der Waals surface area contributed by atoms with Crippen LogP contribution in [0.4, 0.5) is 5.69 Å². The molecule has 1 aromatic carbocycles. The van der Waals surface area contributed by atoms with Crippen molar-refractivity contribution in [2.24, 2.45) is 0 Å². The molecule has 2 aromatic rings. The van der Waals surface area contributed by atoms with Gasteiger partial charge in [-0.3, -0.25) is 4.79 Å². The summed E-state index contributed by atoms with van der Waals surface area (Å²) in [5, 5.41) is 4.33. The zero-order chi connectivity index (χ0) is 13.1. The molecule has 3 N–H and O–H groups in total. The minimum Gasteiger partial charge on any atom is -0.397 e. The molecule has 0 bridgehead atoms. The number of thioether (sulfide) groups is 1. The molecule has 96 valence electrons. The maximum absolute atomic E-state index is 12.0. The van der Waals surface area contributed by atoms with Crippen LogP contribution in [-0.2, 0) is 0 Å². The molecule has 0 aliphatic heterocycles. The van der Waals surface area contributed by atoms with E-state index in [0.29, 0.717) is 22.1 Å². The van der Waals surface area contributed by atoms with Gasteiger partial charge in [0.15, 0.2) is 0 Å². The molecular weight excluding hydrogens is 288 g/mol. The molecule has 0 saturated heterocycles. The lowest BCUT2D eigenvalue weighted by molar-refractivity contribution is 0.0961. The summed E-state index contributed by atoms with van der Waals surface area (Å²) in [6.45, 7) is 0.647. The molecule has 0 saturated carbocycles. The molecule has 2 rings (SSSR count). The Bertz CT molecular complexity index is 583. The van der Waals surface area contributed by atoms with E-state index in [0.717, 1.165) is 15.8 Å². The summed E-state index contributed by atoms with van der Waals surface area (Å²) < 4.78 is 0.979. The van der Waals surface area contributed by atoms with Gasteiger partial charge < -0.3 is 11.1 Å². The van der Waals surface area contributed by atoms with E-state index >= 15 is 0 Å². The summed E-state index contributed by atoms with van der Waals surface area (Å²) in [7, 11) is 0. The fourth-order valence-electron chi connectivity index (χ4n) is 1.60. The van der Waals surface area contributed by atoms with Gasteiger partial charge in [-0.2, -0.15) is 11.8 Å². The van der Waals surface area contributed by atoms with Crippen molar-refractivity contribution in [1.29, 1.82) is 0 Å². The van der Waals surface area contributed by atoms with Gasteiger partial charge in [0.2, 0.25) is 0 Å². The number of anilines is 1. The highest BCUT2D eigenvalue weighted by atomic mass is 35.5. The number of nitrogens with one attached hydrogen (secondary N) is 1. The molecule has 18 heavy (non-hydrogen) atoms. The van der Waals surface area contributed by atoms with Crippen LogP contribution in [0, 0.1) is 0 Å². The number of carbonyl (C=O) groups excluding carboxylic acids is 1. The second-order valence-electron chi connectivity index (χ2n) is 3.73. The molecule has 0 aliphatic carbocycles. The van der Waals surface area contributed by atoms with Gasteiger partial charge in [0.1, 0.15) is 4.88 Å². The van der Waals surface area contributed by atoms with Gasteiger partial charge in [-0.15, -0.1) is 11.3 Å². The highest BCUT2D eigenvalue weighted by molar-refractivity contribution is 7.98. The average molecular weight is 301 g/mol. The molecule has 1 heterocycles. The van der Waals surface area contributed by atoms with E-state index in [9.17, 15) is 4.79 Å². The van der Waals surface area contributed by atoms with Crippen LogP contribution >= 0.6 is 34.7 Å². The number of nitrogens with two attached hydrogens (primary N) is 1. The maximum atomic E-state index is 12.0. The monoisotopic (exact) mass is 300 g/mol. The van der Waals surface area contributed by atoms with Crippen LogP contribution in [0.5, 0.6) is 0 Å². The molecular formula is C12H13ClN2OS2. The molecule has 3 nitrogen and oxygen atoms in total. The van der Waals surface area contributed by atoms with Crippen molar-refractivity contribution in [3.8, 4) is 0 Å². The van der Waals surface area contributed by atoms with Gasteiger partial charge in [-0.05, 0) is 24.5 Å². The number of benzene rings is 1. The van der Waals surface area contributed by atoms with Gasteiger partial charge >= 0.3 is 0 Å². The first-order chi connectivity index (χ1) is 8.63. The van der Waals surface area contributed by atoms with Crippen LogP contribution < -0.4 is 11.1 Å². The summed E-state index contributed by atoms with van der Waals surface area (Å²) >= 11 is 9.01. The summed E-state index contributed by atoms with van der Waals surface area (Å²) in [6, 6.07) is 5.48. The fraction of sp³-hybridized carbons (Fsp3) is 0.250. The molecule has 1 amide bonds. The van der Waals surface area contributed by atoms with Crippen LogP contribution in [-0.4, -0.2) is 24.5 Å². The fourth-order valence-corrected chi connectivity index (χ4v) is 3.10. The van der Waals surface area contributed by atoms with E-state index in [4.69, 9.17) is 17.3 Å². The predicted octanol–water partition coefficient (Wildman–Crippen LogP) is 3.23. The van der Waals surface area contributed by atoms with E-state index in [1.807, 2.05) is 12.3 Å². The van der Waals surface area contributed by atoms with Crippen molar-refractivity contribution in [3.05, 3.63) is 28.1 Å². The van der Waals surface area contributed by atoms with E-state index in [-0.39, 0.29) is 5.91 Å². The maximum Gasteiger partial charge on any atom is 0.263 e. The standard InChI is InChI=1S/C12H13ClN2OS2/c1-17-5-4-15-12(16)11-10(14)8-6-7(13)2-3-9(8)18-11/h2-3,6H,4-5,14H2,1H3,(H,15,16). The molecule has 0 radical (unpaired) electrons. The van der Waals surface area contributed by atoms with Gasteiger partial charge in [-0.25, -0.2) is 0 Å². The Morgan fingerprint density at radius 3 is 3.06 bits per heavy atom. The Morgan fingerprint density at radius 1 is 1.56 bits per heavy atom. The van der Waals surface area contributed by atoms with E-state index in [2.05, 4.69) is 5.32 Å². The van der Waals surface area contributed by atoms with Gasteiger partial charge in [0.05, 0.1) is 5.69 Å². The number of nitrogen functional groups attached to an aromatic ring is 1. The quantitative estimate of drug-likeness (QED) is 0.852. The Labute approximate surface area is 119 Å². The Kier molecular flexibility index (Phi) is 4.37. The number of hydrogen-bond acceptors (Lipinski definition) is 4. The van der Waals surface area contributed by atoms with Crippen LogP contribution in [0.1, 0.15) is 9.67 Å². The smallest absolute Gasteiger partial charge is 0.263 e. The number of halogens is 1. The lowest BCUT2D eigenvalue weighted by Gasteiger charge is -2.02. The van der Waals surface area contributed by atoms with Crippen LogP contribution in [0.3, 0.4) is 0 Å². The predicted molar refractivity (Wildman–Crippen MR) is 82.0 cm³/mol. The van der Waals surface area contributed by atoms with Crippen LogP contribution in [0.2, 0.25) is 5.02 Å². The van der Waals surface area contributed by atoms with Gasteiger partial charge in [0, 0.05) is 27.4 Å². The zero-order valence-corrected chi connectivity index (χ0v) is 12.2. The minimum atomic E-state index is -0.112. The van der Waals surface area contributed by atoms with E-state index in [1.54, 1.807) is 23.9 Å². The van der Waals surface area contributed by atoms with Gasteiger partial charge in [0.25, 0.3) is 5.91 Å². The number of fused-ring (bicyclic) bond motifs is 1. The third-order valence-corrected chi connectivity index (χ3v) is 4.52. The van der Waals surface area contributed by atoms with Crippen molar-refractivity contribution >= 4 is 56.4 Å². The highest BCUT2D eigenvalue weighted by Crippen LogP contribution is 2.35. The summed E-state index contributed by atoms with van der Waals surface area (Å²) in [6.07, 6.45) is 2.00. The molecule has 0 unspecified atom stereocenters. The van der Waals surface area contributed by atoms with Crippen LogP contribution in [0.25, 0.3) is 10.1 Å². The Balaban J connectivity index is 2.28. The number of hydrogen-bond donors (Lipinski definition) is 2. The van der Waals surface area contributed by atoms with Gasteiger partial charge in [-0.1, -0.05) is 11.6 Å². The minimum absolute atomic E-state index is 0.112. The van der Waals surface area contributed by atoms with Crippen LogP contribution in [0.15, 0.2) is 18.2 Å². The lowest BCUT2D eigenvalue weighted by atomic mass is 10.2. The molecule has 6 heteroatoms. The normalized spacial score (nSPS) is 10.8. The molecule has 0 fully saturated rings. The molecule has 0 atom stereocenters. The van der Waals surface area contributed by atoms with E-state index in [1.165, 1.54) is 11.3 Å². The Hall–Kier alpha value is -0.910. The number of carbonyl (C=O) groups is 1. The van der Waals surface area contributed by atoms with Crippen molar-refractivity contribution in [1.82, 2.24) is 5.32 Å².